The first kappa shape index (κ1) is 13.2. The first-order chi connectivity index (χ1) is 9.08. The molecule has 100 valence electrons. The summed E-state index contributed by atoms with van der Waals surface area (Å²) in [6.07, 6.45) is 0.922. The van der Waals surface area contributed by atoms with E-state index >= 15 is 0 Å². The number of aromatic nitrogens is 1. The largest absolute Gasteiger partial charge is 0.394 e. The highest BCUT2D eigenvalue weighted by Gasteiger charge is 2.32. The molecular weight excluding hydrogens is 248 g/mol. The first-order valence-electron chi connectivity index (χ1n) is 6.01. The summed E-state index contributed by atoms with van der Waals surface area (Å²) in [5, 5.41) is 29.1. The Hall–Kier alpha value is -2.20. The summed E-state index contributed by atoms with van der Waals surface area (Å²) in [5.41, 5.74) is -0.488. The molecule has 1 saturated heterocycles. The lowest BCUT2D eigenvalue weighted by Gasteiger charge is -2.26. The van der Waals surface area contributed by atoms with Crippen molar-refractivity contribution in [2.75, 3.05) is 18.1 Å². The van der Waals surface area contributed by atoms with Gasteiger partial charge >= 0.3 is 5.69 Å². The van der Waals surface area contributed by atoms with Crippen LogP contribution in [0.4, 0.5) is 11.5 Å². The predicted octanol–water partition coefficient (Wildman–Crippen LogP) is 1.07. The molecule has 0 aliphatic carbocycles. The maximum absolute atomic E-state index is 10.7. The van der Waals surface area contributed by atoms with E-state index in [1.165, 1.54) is 12.1 Å². The molecule has 1 aromatic rings. The fourth-order valence-electron chi connectivity index (χ4n) is 2.40. The number of rotatable bonds is 3. The van der Waals surface area contributed by atoms with E-state index in [4.69, 9.17) is 5.26 Å². The van der Waals surface area contributed by atoms with Crippen LogP contribution in [0.25, 0.3) is 0 Å². The van der Waals surface area contributed by atoms with Crippen LogP contribution in [0.5, 0.6) is 0 Å². The van der Waals surface area contributed by atoms with Gasteiger partial charge in [0.25, 0.3) is 0 Å². The van der Waals surface area contributed by atoms with Crippen LogP contribution in [0, 0.1) is 27.4 Å². The minimum absolute atomic E-state index is 0.00171. The van der Waals surface area contributed by atoms with E-state index < -0.39 is 4.92 Å². The van der Waals surface area contributed by atoms with Crippen LogP contribution in [0.15, 0.2) is 12.1 Å². The molecule has 0 aromatic carbocycles. The zero-order valence-corrected chi connectivity index (χ0v) is 10.5. The Labute approximate surface area is 110 Å². The third-order valence-electron chi connectivity index (χ3n) is 3.53. The average Bonchev–Trinajstić information content (AvgIpc) is 2.78. The van der Waals surface area contributed by atoms with Crippen LogP contribution in [0.3, 0.4) is 0 Å². The van der Waals surface area contributed by atoms with E-state index in [1.54, 1.807) is 6.07 Å². The number of nitro groups is 1. The van der Waals surface area contributed by atoms with Crippen LogP contribution in [-0.2, 0) is 0 Å². The number of hydrogen-bond donors (Lipinski definition) is 1. The second kappa shape index (κ2) is 5.20. The Morgan fingerprint density at radius 1 is 1.68 bits per heavy atom. The Morgan fingerprint density at radius 3 is 3.00 bits per heavy atom. The predicted molar refractivity (Wildman–Crippen MR) is 67.6 cm³/mol. The van der Waals surface area contributed by atoms with Crippen molar-refractivity contribution in [3.8, 4) is 6.07 Å². The molecule has 1 aliphatic rings. The standard InChI is InChI=1S/C12H14N4O3/c1-8-4-5-15(11(8)7-17)12-3-2-10(16(18)19)9(6-13)14-12/h2-3,8,11,17H,4-5,7H2,1H3. The van der Waals surface area contributed by atoms with E-state index in [1.807, 2.05) is 11.8 Å². The van der Waals surface area contributed by atoms with Crippen molar-refractivity contribution in [1.29, 1.82) is 5.26 Å². The zero-order valence-electron chi connectivity index (χ0n) is 10.5. The molecule has 1 N–H and O–H groups in total. The molecule has 0 amide bonds. The van der Waals surface area contributed by atoms with E-state index in [2.05, 4.69) is 4.98 Å². The van der Waals surface area contributed by atoms with Gasteiger partial charge in [-0.3, -0.25) is 10.1 Å². The number of hydrogen-bond acceptors (Lipinski definition) is 6. The van der Waals surface area contributed by atoms with Crippen molar-refractivity contribution in [3.05, 3.63) is 27.9 Å². The van der Waals surface area contributed by atoms with Crippen LogP contribution < -0.4 is 4.90 Å². The number of anilines is 1. The molecule has 2 unspecified atom stereocenters. The van der Waals surface area contributed by atoms with Crippen LogP contribution >= 0.6 is 0 Å². The average molecular weight is 262 g/mol. The van der Waals surface area contributed by atoms with Crippen LogP contribution in [0.2, 0.25) is 0 Å². The first-order valence-corrected chi connectivity index (χ1v) is 6.01. The molecule has 0 saturated carbocycles. The van der Waals surface area contributed by atoms with E-state index in [0.29, 0.717) is 11.7 Å². The molecule has 1 fully saturated rings. The van der Waals surface area contributed by atoms with E-state index in [9.17, 15) is 15.2 Å². The molecule has 1 aliphatic heterocycles. The van der Waals surface area contributed by atoms with E-state index in [-0.39, 0.29) is 24.0 Å². The minimum Gasteiger partial charge on any atom is -0.394 e. The van der Waals surface area contributed by atoms with Gasteiger partial charge in [0.1, 0.15) is 11.9 Å². The van der Waals surface area contributed by atoms with Crippen molar-refractivity contribution >= 4 is 11.5 Å². The Kier molecular flexibility index (Phi) is 3.62. The molecule has 2 heterocycles. The summed E-state index contributed by atoms with van der Waals surface area (Å²) in [5.74, 6) is 0.832. The summed E-state index contributed by atoms with van der Waals surface area (Å²) >= 11 is 0. The van der Waals surface area contributed by atoms with Crippen molar-refractivity contribution in [3.63, 3.8) is 0 Å². The third kappa shape index (κ3) is 2.35. The molecule has 0 radical (unpaired) electrons. The van der Waals surface area contributed by atoms with Gasteiger partial charge in [0, 0.05) is 12.6 Å². The fraction of sp³-hybridized carbons (Fsp3) is 0.500. The summed E-state index contributed by atoms with van der Waals surface area (Å²) in [7, 11) is 0. The SMILES string of the molecule is CC1CCN(c2ccc([N+](=O)[O-])c(C#N)n2)C1CO. The van der Waals surface area contributed by atoms with Gasteiger partial charge in [-0.15, -0.1) is 0 Å². The summed E-state index contributed by atoms with van der Waals surface area (Å²) in [6, 6.07) is 4.51. The lowest BCUT2D eigenvalue weighted by Crippen LogP contribution is -2.35. The molecule has 7 heteroatoms. The highest BCUT2D eigenvalue weighted by Crippen LogP contribution is 2.29. The van der Waals surface area contributed by atoms with Crippen molar-refractivity contribution in [2.24, 2.45) is 5.92 Å². The van der Waals surface area contributed by atoms with E-state index in [0.717, 1.165) is 13.0 Å². The maximum atomic E-state index is 10.7. The minimum atomic E-state index is -0.620. The molecule has 1 aromatic heterocycles. The Balaban J connectivity index is 2.37. The second-order valence-corrected chi connectivity index (χ2v) is 4.62. The second-order valence-electron chi connectivity index (χ2n) is 4.62. The zero-order chi connectivity index (χ0) is 14.0. The van der Waals surface area contributed by atoms with Crippen molar-refractivity contribution < 1.29 is 10.0 Å². The maximum Gasteiger partial charge on any atom is 0.305 e. The molecule has 7 nitrogen and oxygen atoms in total. The molecule has 2 atom stereocenters. The van der Waals surface area contributed by atoms with Crippen molar-refractivity contribution in [1.82, 2.24) is 4.98 Å². The summed E-state index contributed by atoms with van der Waals surface area (Å²) in [6.45, 7) is 2.77. The quantitative estimate of drug-likeness (QED) is 0.645. The fourth-order valence-corrected chi connectivity index (χ4v) is 2.40. The number of nitriles is 1. The lowest BCUT2D eigenvalue weighted by atomic mass is 10.0. The van der Waals surface area contributed by atoms with Gasteiger partial charge in [0.15, 0.2) is 0 Å². The van der Waals surface area contributed by atoms with Crippen molar-refractivity contribution in [2.45, 2.75) is 19.4 Å². The number of nitrogens with zero attached hydrogens (tertiary/aromatic N) is 4. The Morgan fingerprint density at radius 2 is 2.42 bits per heavy atom. The van der Waals surface area contributed by atoms with Gasteiger partial charge in [0.05, 0.1) is 17.6 Å². The molecule has 0 bridgehead atoms. The van der Waals surface area contributed by atoms with Gasteiger partial charge in [-0.1, -0.05) is 6.92 Å². The highest BCUT2D eigenvalue weighted by molar-refractivity contribution is 5.52. The number of aliphatic hydroxyl groups is 1. The van der Waals surface area contributed by atoms with Crippen LogP contribution in [0.1, 0.15) is 19.0 Å². The molecule has 2 rings (SSSR count). The third-order valence-corrected chi connectivity index (χ3v) is 3.53. The van der Waals surface area contributed by atoms with Gasteiger partial charge < -0.3 is 10.0 Å². The molecule has 0 spiro atoms. The Bertz CT molecular complexity index is 540. The topological polar surface area (TPSA) is 103 Å². The van der Waals surface area contributed by atoms with Gasteiger partial charge in [-0.25, -0.2) is 4.98 Å². The van der Waals surface area contributed by atoms with Gasteiger partial charge in [0.2, 0.25) is 5.69 Å². The van der Waals surface area contributed by atoms with Gasteiger partial charge in [-0.2, -0.15) is 5.26 Å². The molecule has 19 heavy (non-hydrogen) atoms. The number of pyridine rings is 1. The number of aliphatic hydroxyl groups excluding tert-OH is 1. The molecular formula is C12H14N4O3. The summed E-state index contributed by atoms with van der Waals surface area (Å²) < 4.78 is 0. The van der Waals surface area contributed by atoms with Crippen LogP contribution in [-0.4, -0.2) is 34.2 Å². The lowest BCUT2D eigenvalue weighted by molar-refractivity contribution is -0.385. The highest BCUT2D eigenvalue weighted by atomic mass is 16.6. The smallest absolute Gasteiger partial charge is 0.305 e. The monoisotopic (exact) mass is 262 g/mol. The normalized spacial score (nSPS) is 22.3. The van der Waals surface area contributed by atoms with Gasteiger partial charge in [-0.05, 0) is 18.4 Å². The summed E-state index contributed by atoms with van der Waals surface area (Å²) in [4.78, 5) is 16.1.